The number of halogens is 2. The Morgan fingerprint density at radius 3 is 2.43 bits per heavy atom. The summed E-state index contributed by atoms with van der Waals surface area (Å²) in [6.07, 6.45) is 2.29. The summed E-state index contributed by atoms with van der Waals surface area (Å²) in [5, 5.41) is 3.50. The van der Waals surface area contributed by atoms with E-state index >= 15 is 0 Å². The highest BCUT2D eigenvalue weighted by Crippen LogP contribution is 2.53. The van der Waals surface area contributed by atoms with Crippen LogP contribution in [0.15, 0.2) is 59.5 Å². The van der Waals surface area contributed by atoms with E-state index < -0.39 is 69.1 Å². The SMILES string of the molecule is CC(C)(C)OC(=O)N[C@@H](CCOCC/C=C\[C@@H]1C[C@]1(C)C(=O)NS(=O)(=O)c1ccc(Cl)cc1)C(=O)N1C[C@H](OC(=O)N2Cc3cccc(Cl)c3C2)C[C@H]1C(N)=O. The fourth-order valence-corrected chi connectivity index (χ4v) is 8.07. The third kappa shape index (κ3) is 10.7. The summed E-state index contributed by atoms with van der Waals surface area (Å²) in [6, 6.07) is 8.67. The molecule has 56 heavy (non-hydrogen) atoms. The first kappa shape index (κ1) is 42.8. The summed E-state index contributed by atoms with van der Waals surface area (Å²) in [4.78, 5) is 67.8. The van der Waals surface area contributed by atoms with Crippen LogP contribution in [0.2, 0.25) is 10.0 Å². The maximum atomic E-state index is 13.9. The molecule has 0 radical (unpaired) electrons. The Kier molecular flexibility index (Phi) is 13.3. The van der Waals surface area contributed by atoms with Gasteiger partial charge < -0.3 is 30.2 Å². The predicted octanol–water partition coefficient (Wildman–Crippen LogP) is 4.68. The van der Waals surface area contributed by atoms with Gasteiger partial charge in [-0.25, -0.2) is 22.7 Å². The molecule has 0 unspecified atom stereocenters. The number of rotatable bonds is 14. The summed E-state index contributed by atoms with van der Waals surface area (Å²) in [5.41, 5.74) is 5.68. The van der Waals surface area contributed by atoms with E-state index in [1.165, 1.54) is 34.1 Å². The Balaban J connectivity index is 1.12. The van der Waals surface area contributed by atoms with Crippen LogP contribution in [0.4, 0.5) is 9.59 Å². The summed E-state index contributed by atoms with van der Waals surface area (Å²) < 4.78 is 44.3. The number of carbonyl (C=O) groups is 5. The van der Waals surface area contributed by atoms with Gasteiger partial charge in [-0.15, -0.1) is 0 Å². The van der Waals surface area contributed by atoms with Crippen LogP contribution in [0, 0.1) is 11.3 Å². The Hall–Kier alpha value is -4.38. The van der Waals surface area contributed by atoms with Crippen molar-refractivity contribution in [2.24, 2.45) is 17.1 Å². The summed E-state index contributed by atoms with van der Waals surface area (Å²) in [7, 11) is -4.05. The number of amides is 5. The number of hydrogen-bond donors (Lipinski definition) is 3. The molecule has 0 aromatic heterocycles. The highest BCUT2D eigenvalue weighted by molar-refractivity contribution is 7.90. The molecule has 2 aromatic rings. The molecule has 304 valence electrons. The normalized spacial score (nSPS) is 22.4. The van der Waals surface area contributed by atoms with Crippen LogP contribution in [0.3, 0.4) is 0 Å². The first-order valence-corrected chi connectivity index (χ1v) is 20.4. The van der Waals surface area contributed by atoms with E-state index in [9.17, 15) is 32.4 Å². The Morgan fingerprint density at radius 1 is 1.05 bits per heavy atom. The van der Waals surface area contributed by atoms with Crippen LogP contribution in [0.25, 0.3) is 0 Å². The van der Waals surface area contributed by atoms with Crippen molar-refractivity contribution in [3.8, 4) is 0 Å². The molecule has 3 aliphatic rings. The minimum absolute atomic E-state index is 0.0176. The number of likely N-dealkylation sites (tertiary alicyclic amines) is 1. The Labute approximate surface area is 336 Å². The third-order valence-electron chi connectivity index (χ3n) is 9.84. The molecule has 0 bridgehead atoms. The number of nitrogens with two attached hydrogens (primary N) is 1. The zero-order valence-corrected chi connectivity index (χ0v) is 33.9. The molecule has 2 aromatic carbocycles. The lowest BCUT2D eigenvalue weighted by Crippen LogP contribution is -2.53. The number of primary amides is 1. The lowest BCUT2D eigenvalue weighted by atomic mass is 10.1. The van der Waals surface area contributed by atoms with Gasteiger partial charge in [0, 0.05) is 36.0 Å². The number of nitrogens with zero attached hydrogens (tertiary/aromatic N) is 2. The summed E-state index contributed by atoms with van der Waals surface area (Å²) >= 11 is 12.1. The lowest BCUT2D eigenvalue weighted by molar-refractivity contribution is -0.139. The first-order valence-electron chi connectivity index (χ1n) is 18.2. The van der Waals surface area contributed by atoms with Gasteiger partial charge in [-0.2, -0.15) is 0 Å². The number of fused-ring (bicyclic) bond motifs is 1. The fourth-order valence-electron chi connectivity index (χ4n) is 6.60. The highest BCUT2D eigenvalue weighted by atomic mass is 35.5. The van der Waals surface area contributed by atoms with Gasteiger partial charge in [-0.1, -0.05) is 54.4 Å². The molecule has 1 saturated heterocycles. The van der Waals surface area contributed by atoms with Gasteiger partial charge in [0.15, 0.2) is 0 Å². The van der Waals surface area contributed by atoms with Gasteiger partial charge in [-0.3, -0.25) is 19.3 Å². The lowest BCUT2D eigenvalue weighted by Gasteiger charge is -2.28. The van der Waals surface area contributed by atoms with E-state index in [2.05, 4.69) is 10.0 Å². The van der Waals surface area contributed by atoms with Gasteiger partial charge in [0.25, 0.3) is 10.0 Å². The van der Waals surface area contributed by atoms with Crippen molar-refractivity contribution in [3.05, 3.63) is 75.8 Å². The molecule has 5 atom stereocenters. The third-order valence-corrected chi connectivity index (χ3v) is 11.8. The number of alkyl carbamates (subject to hydrolysis) is 1. The number of allylic oxidation sites excluding steroid dienone is 1. The Morgan fingerprint density at radius 2 is 1.77 bits per heavy atom. The summed E-state index contributed by atoms with van der Waals surface area (Å²) in [6.45, 7) is 7.44. The number of carbonyl (C=O) groups excluding carboxylic acids is 5. The second kappa shape index (κ2) is 17.4. The molecule has 1 saturated carbocycles. The number of nitrogens with one attached hydrogen (secondary N) is 2. The zero-order valence-electron chi connectivity index (χ0n) is 31.6. The van der Waals surface area contributed by atoms with Crippen molar-refractivity contribution in [3.63, 3.8) is 0 Å². The molecule has 5 amide bonds. The number of benzene rings is 2. The van der Waals surface area contributed by atoms with Crippen LogP contribution in [-0.4, -0.2) is 91.7 Å². The van der Waals surface area contributed by atoms with E-state index in [0.29, 0.717) is 29.4 Å². The Bertz CT molecular complexity index is 1970. The molecule has 0 spiro atoms. The maximum absolute atomic E-state index is 13.9. The van der Waals surface area contributed by atoms with Gasteiger partial charge in [-0.05, 0) is 81.0 Å². The molecule has 15 nitrogen and oxygen atoms in total. The molecule has 4 N–H and O–H groups in total. The number of ether oxygens (including phenoxy) is 3. The minimum atomic E-state index is -4.05. The quantitative estimate of drug-likeness (QED) is 0.177. The molecule has 2 heterocycles. The highest BCUT2D eigenvalue weighted by Gasteiger charge is 2.55. The van der Waals surface area contributed by atoms with Gasteiger partial charge in [0.05, 0.1) is 30.0 Å². The van der Waals surface area contributed by atoms with Gasteiger partial charge in [0.1, 0.15) is 23.8 Å². The largest absolute Gasteiger partial charge is 0.444 e. The molecular formula is C38H47Cl2N5O10S. The van der Waals surface area contributed by atoms with E-state index in [0.717, 1.165) is 11.1 Å². The standard InChI is InChI=1S/C38H47Cl2N5O10S/c1-37(2,3)55-35(49)42-30(15-17-53-16-6-5-9-24-19-38(24,4)34(48)43-56(51,52)27-13-11-25(39)12-14-27)33(47)45-21-26(18-31(45)32(41)46)54-36(50)44-20-23-8-7-10-29(40)28(23)22-44/h5,7-14,24,26,30-31H,6,15-22H2,1-4H3,(H2,41,46)(H,42,49)(H,43,48)/b9-5-/t24-,26-,30+,31+,38+/m1/s1. The maximum Gasteiger partial charge on any atom is 0.410 e. The van der Waals surface area contributed by atoms with E-state index in [4.69, 9.17) is 43.1 Å². The number of sulfonamides is 1. The van der Waals surface area contributed by atoms with Crippen molar-refractivity contribution >= 4 is 63.1 Å². The van der Waals surface area contributed by atoms with Crippen LogP contribution in [-0.2, 0) is 51.7 Å². The monoisotopic (exact) mass is 835 g/mol. The summed E-state index contributed by atoms with van der Waals surface area (Å²) in [5.74, 6) is -2.18. The van der Waals surface area contributed by atoms with Crippen molar-refractivity contribution in [2.45, 2.75) is 95.2 Å². The van der Waals surface area contributed by atoms with E-state index in [1.807, 2.05) is 18.2 Å². The van der Waals surface area contributed by atoms with Crippen LogP contribution in [0.5, 0.6) is 0 Å². The van der Waals surface area contributed by atoms with Crippen molar-refractivity contribution in [1.29, 1.82) is 0 Å². The number of hydrogen-bond acceptors (Lipinski definition) is 10. The second-order valence-corrected chi connectivity index (χ2v) is 17.8. The van der Waals surface area contributed by atoms with Crippen molar-refractivity contribution < 1.29 is 46.6 Å². The molecule has 2 aliphatic heterocycles. The van der Waals surface area contributed by atoms with Gasteiger partial charge >= 0.3 is 12.2 Å². The zero-order chi connectivity index (χ0) is 41.0. The molecule has 18 heteroatoms. The molecular weight excluding hydrogens is 789 g/mol. The van der Waals surface area contributed by atoms with E-state index in [-0.39, 0.29) is 50.0 Å². The van der Waals surface area contributed by atoms with Crippen LogP contribution < -0.4 is 15.8 Å². The molecule has 5 rings (SSSR count). The topological polar surface area (TPSA) is 204 Å². The fraction of sp³-hybridized carbons (Fsp3) is 0.500. The molecule has 1 aliphatic carbocycles. The smallest absolute Gasteiger partial charge is 0.410 e. The molecule has 2 fully saturated rings. The van der Waals surface area contributed by atoms with Crippen LogP contribution in [0.1, 0.15) is 64.5 Å². The van der Waals surface area contributed by atoms with Gasteiger partial charge in [0.2, 0.25) is 17.7 Å². The van der Waals surface area contributed by atoms with Crippen molar-refractivity contribution in [1.82, 2.24) is 19.8 Å². The second-order valence-electron chi connectivity index (χ2n) is 15.3. The average molecular weight is 837 g/mol. The van der Waals surface area contributed by atoms with Crippen LogP contribution >= 0.6 is 23.2 Å². The minimum Gasteiger partial charge on any atom is -0.444 e. The average Bonchev–Trinajstić information content (AvgIpc) is 3.40. The first-order chi connectivity index (χ1) is 26.3. The van der Waals surface area contributed by atoms with E-state index in [1.54, 1.807) is 39.8 Å². The van der Waals surface area contributed by atoms with Crippen molar-refractivity contribution in [2.75, 3.05) is 19.8 Å². The predicted molar refractivity (Wildman–Crippen MR) is 206 cm³/mol.